The predicted octanol–water partition coefficient (Wildman–Crippen LogP) is 1.02. The van der Waals surface area contributed by atoms with Gasteiger partial charge < -0.3 is 9.84 Å². The van der Waals surface area contributed by atoms with Crippen molar-refractivity contribution in [1.29, 1.82) is 0 Å². The van der Waals surface area contributed by atoms with Gasteiger partial charge in [-0.1, -0.05) is 19.6 Å². The molecule has 1 fully saturated rings. The molecule has 1 aliphatic heterocycles. The van der Waals surface area contributed by atoms with Crippen LogP contribution in [0.2, 0.25) is 19.6 Å². The Balaban J connectivity index is 2.21. The smallest absolute Gasteiger partial charge is 0.129 e. The van der Waals surface area contributed by atoms with Crippen LogP contribution in [0.4, 0.5) is 0 Å². The van der Waals surface area contributed by atoms with E-state index >= 15 is 0 Å². The minimum atomic E-state index is -1.21. The molecule has 0 spiro atoms. The molecule has 1 saturated heterocycles. The van der Waals surface area contributed by atoms with E-state index in [0.717, 1.165) is 6.42 Å². The highest BCUT2D eigenvalue weighted by molar-refractivity contribution is 6.83. The zero-order valence-corrected chi connectivity index (χ0v) is 8.92. The van der Waals surface area contributed by atoms with E-state index in [1.54, 1.807) is 0 Å². The average Bonchev–Trinajstić information content (AvgIpc) is 2.64. The third-order valence-electron chi connectivity index (χ3n) is 1.63. The Morgan fingerprint density at radius 3 is 2.42 bits per heavy atom. The molecule has 68 valence electrons. The summed E-state index contributed by atoms with van der Waals surface area (Å²) < 4.78 is 5.14. The fourth-order valence-electron chi connectivity index (χ4n) is 0.936. The van der Waals surface area contributed by atoms with Gasteiger partial charge in [-0.2, -0.15) is 0 Å². The van der Waals surface area contributed by atoms with Crippen LogP contribution in [-0.4, -0.2) is 32.0 Å². The van der Waals surface area contributed by atoms with Gasteiger partial charge in [0.05, 0.1) is 12.7 Å². The molecule has 0 saturated carbocycles. The van der Waals surface area contributed by atoms with Crippen molar-refractivity contribution in [2.24, 2.45) is 0 Å². The highest BCUT2D eigenvalue weighted by Crippen LogP contribution is 2.23. The van der Waals surface area contributed by atoms with Crippen LogP contribution in [0.1, 0.15) is 6.42 Å². The highest BCUT2D eigenvalue weighted by Gasteiger charge is 2.36. The molecule has 0 bridgehead atoms. The summed E-state index contributed by atoms with van der Waals surface area (Å²) >= 11 is 0. The Morgan fingerprint density at radius 1 is 1.33 bits per heavy atom. The maximum atomic E-state index is 8.67. The van der Waals surface area contributed by atoms with Crippen LogP contribution in [0.3, 0.4) is 0 Å². The molecule has 1 heterocycles. The van der Waals surface area contributed by atoms with Crippen LogP contribution in [0.25, 0.3) is 0 Å². The summed E-state index contributed by atoms with van der Waals surface area (Å²) in [7, 11) is -1.21. The Bertz CT molecular complexity index is 209. The summed E-state index contributed by atoms with van der Waals surface area (Å²) in [5.74, 6) is 3.13. The van der Waals surface area contributed by atoms with E-state index in [1.807, 2.05) is 0 Å². The second-order valence-corrected chi connectivity index (χ2v) is 8.90. The number of hydrogen-bond acceptors (Lipinski definition) is 2. The lowest BCUT2D eigenvalue weighted by Crippen LogP contribution is -2.16. The van der Waals surface area contributed by atoms with Crippen LogP contribution < -0.4 is 0 Å². The van der Waals surface area contributed by atoms with Crippen LogP contribution in [0.5, 0.6) is 0 Å². The number of aliphatic hydroxyl groups is 1. The van der Waals surface area contributed by atoms with E-state index in [1.165, 1.54) is 0 Å². The Hall–Kier alpha value is -0.303. The monoisotopic (exact) mass is 184 g/mol. The van der Waals surface area contributed by atoms with Gasteiger partial charge >= 0.3 is 0 Å². The fraction of sp³-hybridized carbons (Fsp3) is 0.778. The van der Waals surface area contributed by atoms with Crippen LogP contribution in [0, 0.1) is 11.5 Å². The zero-order chi connectivity index (χ0) is 9.19. The molecule has 2 nitrogen and oxygen atoms in total. The molecule has 0 aromatic carbocycles. The van der Waals surface area contributed by atoms with Gasteiger partial charge in [0, 0.05) is 6.42 Å². The lowest BCUT2D eigenvalue weighted by atomic mass is 10.2. The highest BCUT2D eigenvalue weighted by atomic mass is 28.3. The predicted molar refractivity (Wildman–Crippen MR) is 51.5 cm³/mol. The number of aliphatic hydroxyl groups excluding tert-OH is 1. The summed E-state index contributed by atoms with van der Waals surface area (Å²) in [6.07, 6.45) is 1.06. The van der Waals surface area contributed by atoms with Crippen molar-refractivity contribution in [3.8, 4) is 11.5 Å². The first-order valence-corrected chi connectivity index (χ1v) is 7.79. The first kappa shape index (κ1) is 9.78. The fourth-order valence-corrected chi connectivity index (χ4v) is 1.57. The van der Waals surface area contributed by atoms with Crippen molar-refractivity contribution >= 4 is 8.07 Å². The van der Waals surface area contributed by atoms with E-state index in [2.05, 4.69) is 31.1 Å². The molecule has 0 aromatic rings. The zero-order valence-electron chi connectivity index (χ0n) is 7.92. The molecule has 1 N–H and O–H groups in total. The van der Waals surface area contributed by atoms with Gasteiger partial charge in [0.1, 0.15) is 14.2 Å². The van der Waals surface area contributed by atoms with Gasteiger partial charge in [-0.05, 0) is 0 Å². The van der Waals surface area contributed by atoms with Crippen molar-refractivity contribution in [2.75, 3.05) is 6.61 Å². The quantitative estimate of drug-likeness (QED) is 0.395. The normalized spacial score (nSPS) is 27.7. The van der Waals surface area contributed by atoms with Gasteiger partial charge in [0.2, 0.25) is 0 Å². The van der Waals surface area contributed by atoms with E-state index in [0.29, 0.717) is 0 Å². The number of ether oxygens (including phenoxy) is 1. The summed E-state index contributed by atoms with van der Waals surface area (Å²) in [6, 6.07) is 0. The van der Waals surface area contributed by atoms with Gasteiger partial charge in [-0.15, -0.1) is 11.5 Å². The molecule has 12 heavy (non-hydrogen) atoms. The molecule has 3 heteroatoms. The largest absolute Gasteiger partial charge is 0.394 e. The summed E-state index contributed by atoms with van der Waals surface area (Å²) in [6.45, 7) is 6.80. The Kier molecular flexibility index (Phi) is 2.94. The van der Waals surface area contributed by atoms with Crippen LogP contribution in [0.15, 0.2) is 0 Å². The minimum Gasteiger partial charge on any atom is -0.394 e. The molecule has 0 aromatic heterocycles. The van der Waals surface area contributed by atoms with Gasteiger partial charge in [0.15, 0.2) is 0 Å². The molecule has 1 aliphatic rings. The second kappa shape index (κ2) is 3.61. The standard InChI is InChI=1S/C9H16O2Si/c1-12(2,3)6-4-5-8-9(7-10)11-8/h8-10H,5,7H2,1-3H3/t8-,9-/m1/s1. The maximum Gasteiger partial charge on any atom is 0.129 e. The van der Waals surface area contributed by atoms with E-state index in [4.69, 9.17) is 9.84 Å². The van der Waals surface area contributed by atoms with E-state index in [9.17, 15) is 0 Å². The number of rotatable bonds is 2. The third-order valence-corrected chi connectivity index (χ3v) is 2.56. The molecule has 0 unspecified atom stereocenters. The van der Waals surface area contributed by atoms with E-state index in [-0.39, 0.29) is 18.8 Å². The first-order valence-electron chi connectivity index (χ1n) is 4.29. The summed E-state index contributed by atoms with van der Waals surface area (Å²) in [4.78, 5) is 0. The molecule has 0 radical (unpaired) electrons. The summed E-state index contributed by atoms with van der Waals surface area (Å²) in [5, 5.41) is 8.67. The first-order chi connectivity index (χ1) is 5.53. The van der Waals surface area contributed by atoms with Crippen molar-refractivity contribution in [1.82, 2.24) is 0 Å². The van der Waals surface area contributed by atoms with Crippen molar-refractivity contribution in [3.63, 3.8) is 0 Å². The third kappa shape index (κ3) is 3.40. The van der Waals surface area contributed by atoms with Crippen molar-refractivity contribution in [2.45, 2.75) is 38.3 Å². The minimum absolute atomic E-state index is 0.0703. The molecule has 0 aliphatic carbocycles. The number of epoxide rings is 1. The van der Waals surface area contributed by atoms with Crippen molar-refractivity contribution < 1.29 is 9.84 Å². The van der Waals surface area contributed by atoms with Gasteiger partial charge in [-0.3, -0.25) is 0 Å². The Labute approximate surface area is 74.9 Å². The second-order valence-electron chi connectivity index (χ2n) is 4.15. The lowest BCUT2D eigenvalue weighted by molar-refractivity contribution is 0.242. The molecular weight excluding hydrogens is 168 g/mol. The van der Waals surface area contributed by atoms with Gasteiger partial charge in [-0.25, -0.2) is 0 Å². The molecular formula is C9H16O2Si. The van der Waals surface area contributed by atoms with Crippen molar-refractivity contribution in [3.05, 3.63) is 0 Å². The SMILES string of the molecule is C[Si](C)(C)C#CC[C@H]1O[C@@H]1CO. The maximum absolute atomic E-state index is 8.67. The summed E-state index contributed by atoms with van der Waals surface area (Å²) in [5.41, 5.74) is 3.27. The number of hydrogen-bond donors (Lipinski definition) is 1. The van der Waals surface area contributed by atoms with E-state index < -0.39 is 8.07 Å². The lowest BCUT2D eigenvalue weighted by Gasteiger charge is -2.02. The topological polar surface area (TPSA) is 32.8 Å². The molecule has 2 atom stereocenters. The van der Waals surface area contributed by atoms with Crippen LogP contribution in [-0.2, 0) is 4.74 Å². The average molecular weight is 184 g/mol. The van der Waals surface area contributed by atoms with Crippen LogP contribution >= 0.6 is 0 Å². The molecule has 1 rings (SSSR count). The Morgan fingerprint density at radius 2 is 2.00 bits per heavy atom. The van der Waals surface area contributed by atoms with Gasteiger partial charge in [0.25, 0.3) is 0 Å². The molecule has 0 amide bonds.